The third kappa shape index (κ3) is 5.27. The van der Waals surface area contributed by atoms with E-state index in [2.05, 4.69) is 0 Å². The summed E-state index contributed by atoms with van der Waals surface area (Å²) in [7, 11) is 0. The molecule has 0 spiro atoms. The Bertz CT molecular complexity index is 968. The molecule has 0 bridgehead atoms. The van der Waals surface area contributed by atoms with Crippen LogP contribution >= 0.6 is 0 Å². The van der Waals surface area contributed by atoms with E-state index in [1.165, 1.54) is 5.01 Å². The molecule has 0 N–H and O–H groups in total. The summed E-state index contributed by atoms with van der Waals surface area (Å²) in [5.74, 6) is -1.10. The Morgan fingerprint density at radius 3 is 2.26 bits per heavy atom. The van der Waals surface area contributed by atoms with Gasteiger partial charge < -0.3 is 4.74 Å². The van der Waals surface area contributed by atoms with Crippen LogP contribution in [0, 0.1) is 0 Å². The Morgan fingerprint density at radius 2 is 1.65 bits per heavy atom. The molecule has 162 valence electrons. The maximum absolute atomic E-state index is 13.1. The molecule has 6 heteroatoms. The minimum atomic E-state index is -0.490. The summed E-state index contributed by atoms with van der Waals surface area (Å²) in [6, 6.07) is 18.8. The summed E-state index contributed by atoms with van der Waals surface area (Å²) < 4.78 is 5.16. The highest BCUT2D eigenvalue weighted by atomic mass is 16.5. The van der Waals surface area contributed by atoms with Gasteiger partial charge in [0.25, 0.3) is 0 Å². The van der Waals surface area contributed by atoms with E-state index in [1.54, 1.807) is 25.1 Å². The van der Waals surface area contributed by atoms with Gasteiger partial charge in [-0.25, -0.2) is 14.8 Å². The van der Waals surface area contributed by atoms with Crippen LogP contribution in [-0.2, 0) is 25.7 Å². The predicted molar refractivity (Wildman–Crippen MR) is 118 cm³/mol. The number of benzene rings is 2. The molecule has 0 saturated carbocycles. The molecule has 1 aliphatic rings. The van der Waals surface area contributed by atoms with Gasteiger partial charge >= 0.3 is 5.97 Å². The topological polar surface area (TPSA) is 66.9 Å². The van der Waals surface area contributed by atoms with Gasteiger partial charge in [-0.1, -0.05) is 66.7 Å². The lowest BCUT2D eigenvalue weighted by atomic mass is 10.0. The van der Waals surface area contributed by atoms with E-state index in [9.17, 15) is 14.4 Å². The number of esters is 1. The van der Waals surface area contributed by atoms with Crippen molar-refractivity contribution in [2.24, 2.45) is 0 Å². The van der Waals surface area contributed by atoms with Crippen molar-refractivity contribution in [2.75, 3.05) is 6.61 Å². The maximum Gasteiger partial charge on any atom is 0.338 e. The van der Waals surface area contributed by atoms with E-state index in [-0.39, 0.29) is 31.3 Å². The molecular weight excluding hydrogens is 392 g/mol. The zero-order chi connectivity index (χ0) is 22.4. The second kappa shape index (κ2) is 9.71. The third-order valence-electron chi connectivity index (χ3n) is 5.23. The summed E-state index contributed by atoms with van der Waals surface area (Å²) in [6.45, 7) is 6.31. The fraction of sp³-hybridized carbons (Fsp3) is 0.320. The number of imide groups is 1. The van der Waals surface area contributed by atoms with Crippen LogP contribution in [0.5, 0.6) is 0 Å². The maximum atomic E-state index is 13.1. The average Bonchev–Trinajstić information content (AvgIpc) is 2.97. The lowest BCUT2D eigenvalue weighted by Crippen LogP contribution is -2.49. The van der Waals surface area contributed by atoms with Crippen molar-refractivity contribution in [3.63, 3.8) is 0 Å². The van der Waals surface area contributed by atoms with Crippen LogP contribution in [0.15, 0.2) is 66.7 Å². The lowest BCUT2D eigenvalue weighted by Gasteiger charge is -2.35. The number of hydrogen-bond donors (Lipinski definition) is 0. The first-order chi connectivity index (χ1) is 14.8. The molecular formula is C25H28N2O4. The van der Waals surface area contributed by atoms with Gasteiger partial charge in [-0.2, -0.15) is 0 Å². The first-order valence-electron chi connectivity index (χ1n) is 10.4. The summed E-state index contributed by atoms with van der Waals surface area (Å²) in [6.07, 6.45) is 1.71. The summed E-state index contributed by atoms with van der Waals surface area (Å²) in [5, 5.41) is 3.05. The quantitative estimate of drug-likeness (QED) is 0.501. The van der Waals surface area contributed by atoms with Crippen LogP contribution in [0.3, 0.4) is 0 Å². The molecule has 31 heavy (non-hydrogen) atoms. The SMILES string of the molecule is CCOC(=O)/C(=C\CC(=O)N1C(=O)CC(C)(C)N1Cc1ccccc1)c1ccccc1. The summed E-state index contributed by atoms with van der Waals surface area (Å²) >= 11 is 0. The van der Waals surface area contributed by atoms with Gasteiger partial charge in [-0.05, 0) is 31.9 Å². The van der Waals surface area contributed by atoms with Crippen LogP contribution in [0.1, 0.15) is 44.7 Å². The van der Waals surface area contributed by atoms with E-state index in [4.69, 9.17) is 4.74 Å². The number of hydrazine groups is 1. The smallest absolute Gasteiger partial charge is 0.338 e. The average molecular weight is 421 g/mol. The fourth-order valence-corrected chi connectivity index (χ4v) is 3.68. The minimum absolute atomic E-state index is 0.0872. The second-order valence-electron chi connectivity index (χ2n) is 8.04. The third-order valence-corrected chi connectivity index (χ3v) is 5.23. The van der Waals surface area contributed by atoms with E-state index < -0.39 is 11.5 Å². The van der Waals surface area contributed by atoms with Gasteiger partial charge in [0, 0.05) is 24.9 Å². The molecule has 0 aromatic heterocycles. The van der Waals surface area contributed by atoms with E-state index >= 15 is 0 Å². The van der Waals surface area contributed by atoms with Crippen molar-refractivity contribution in [1.82, 2.24) is 10.0 Å². The number of carbonyl (C=O) groups excluding carboxylic acids is 3. The molecule has 1 fully saturated rings. The Morgan fingerprint density at radius 1 is 1.03 bits per heavy atom. The van der Waals surface area contributed by atoms with Crippen molar-refractivity contribution in [3.05, 3.63) is 77.9 Å². The van der Waals surface area contributed by atoms with Crippen LogP contribution in [0.25, 0.3) is 5.57 Å². The summed E-state index contributed by atoms with van der Waals surface area (Å²) in [4.78, 5) is 38.3. The number of rotatable bonds is 7. The molecule has 0 aliphatic carbocycles. The van der Waals surface area contributed by atoms with Crippen molar-refractivity contribution in [3.8, 4) is 0 Å². The largest absolute Gasteiger partial charge is 0.462 e. The summed E-state index contributed by atoms with van der Waals surface area (Å²) in [5.41, 5.74) is 1.50. The van der Waals surface area contributed by atoms with E-state index in [0.717, 1.165) is 5.56 Å². The highest BCUT2D eigenvalue weighted by Gasteiger charge is 2.46. The molecule has 2 aromatic carbocycles. The highest BCUT2D eigenvalue weighted by Crippen LogP contribution is 2.32. The molecule has 1 saturated heterocycles. The van der Waals surface area contributed by atoms with E-state index in [0.29, 0.717) is 17.7 Å². The molecule has 1 aliphatic heterocycles. The molecule has 3 rings (SSSR count). The molecule has 0 atom stereocenters. The number of amides is 2. The van der Waals surface area contributed by atoms with Crippen LogP contribution in [0.4, 0.5) is 0 Å². The zero-order valence-electron chi connectivity index (χ0n) is 18.2. The highest BCUT2D eigenvalue weighted by molar-refractivity contribution is 6.17. The Kier molecular flexibility index (Phi) is 7.02. The minimum Gasteiger partial charge on any atom is -0.462 e. The monoisotopic (exact) mass is 420 g/mol. The molecule has 6 nitrogen and oxygen atoms in total. The standard InChI is InChI=1S/C25H28N2O4/c1-4-31-24(30)21(20-13-9-6-10-14-20)15-16-22(28)27-23(29)17-25(2,3)26(27)18-19-11-7-5-8-12-19/h5-15H,4,16-18H2,1-3H3/b21-15-. The van der Waals surface area contributed by atoms with E-state index in [1.807, 2.05) is 67.4 Å². The van der Waals surface area contributed by atoms with Gasteiger partial charge in [0.15, 0.2) is 0 Å². The van der Waals surface area contributed by atoms with Crippen LogP contribution in [-0.4, -0.2) is 39.9 Å². The number of ether oxygens (including phenoxy) is 1. The van der Waals surface area contributed by atoms with Crippen LogP contribution < -0.4 is 0 Å². The number of nitrogens with zero attached hydrogens (tertiary/aromatic N) is 2. The molecule has 2 aromatic rings. The van der Waals surface area contributed by atoms with Crippen LogP contribution in [0.2, 0.25) is 0 Å². The first kappa shape index (κ1) is 22.4. The lowest BCUT2D eigenvalue weighted by molar-refractivity contribution is -0.160. The second-order valence-corrected chi connectivity index (χ2v) is 8.04. The Hall–Kier alpha value is -3.25. The van der Waals surface area contributed by atoms with Gasteiger partial charge in [0.2, 0.25) is 11.8 Å². The number of carbonyl (C=O) groups is 3. The molecule has 0 radical (unpaired) electrons. The Balaban J connectivity index is 1.85. The van der Waals surface area contributed by atoms with Gasteiger partial charge in [-0.3, -0.25) is 9.59 Å². The van der Waals surface area contributed by atoms with Crippen molar-refractivity contribution in [1.29, 1.82) is 0 Å². The van der Waals surface area contributed by atoms with Gasteiger partial charge in [0.1, 0.15) is 0 Å². The predicted octanol–water partition coefficient (Wildman–Crippen LogP) is 3.98. The van der Waals surface area contributed by atoms with Crippen molar-refractivity contribution >= 4 is 23.4 Å². The Labute approximate surface area is 183 Å². The number of hydrogen-bond acceptors (Lipinski definition) is 5. The van der Waals surface area contributed by atoms with Crippen molar-refractivity contribution in [2.45, 2.75) is 45.7 Å². The molecule has 2 amide bonds. The fourth-order valence-electron chi connectivity index (χ4n) is 3.68. The molecule has 1 heterocycles. The van der Waals surface area contributed by atoms with Gasteiger partial charge in [-0.15, -0.1) is 0 Å². The zero-order valence-corrected chi connectivity index (χ0v) is 18.2. The first-order valence-corrected chi connectivity index (χ1v) is 10.4. The normalized spacial score (nSPS) is 16.4. The van der Waals surface area contributed by atoms with Crippen molar-refractivity contribution < 1.29 is 19.1 Å². The molecule has 0 unspecified atom stereocenters. The van der Waals surface area contributed by atoms with Gasteiger partial charge in [0.05, 0.1) is 12.2 Å².